The predicted molar refractivity (Wildman–Crippen MR) is 78.8 cm³/mol. The molecule has 0 spiro atoms. The van der Waals surface area contributed by atoms with Crippen LogP contribution in [0.3, 0.4) is 0 Å². The van der Waals surface area contributed by atoms with E-state index in [2.05, 4.69) is 30.8 Å². The van der Waals surface area contributed by atoms with Gasteiger partial charge in [-0.1, -0.05) is 11.4 Å². The van der Waals surface area contributed by atoms with Gasteiger partial charge in [0.05, 0.1) is 15.0 Å². The number of hydrogen-bond donors (Lipinski definition) is 1. The molecular formula is C13H14BrF2N3S. The number of hydrogen-bond acceptors (Lipinski definition) is 4. The predicted octanol–water partition coefficient (Wildman–Crippen LogP) is 3.64. The third-order valence-electron chi connectivity index (χ3n) is 3.13. The van der Waals surface area contributed by atoms with E-state index >= 15 is 0 Å². The van der Waals surface area contributed by atoms with Gasteiger partial charge in [-0.15, -0.1) is 5.10 Å². The fourth-order valence-corrected chi connectivity index (χ4v) is 3.23. The van der Waals surface area contributed by atoms with Crippen molar-refractivity contribution >= 4 is 27.5 Å². The molecule has 7 heteroatoms. The zero-order chi connectivity index (χ0) is 14.7. The molecule has 1 heterocycles. The van der Waals surface area contributed by atoms with Crippen LogP contribution in [-0.2, 0) is 12.8 Å². The molecule has 2 rings (SSSR count). The molecule has 0 aliphatic heterocycles. The lowest BCUT2D eigenvalue weighted by molar-refractivity contribution is 0.514. The van der Waals surface area contributed by atoms with Gasteiger partial charge in [0.2, 0.25) is 0 Å². The number of benzene rings is 1. The Balaban J connectivity index is 2.34. The Morgan fingerprint density at radius 3 is 2.80 bits per heavy atom. The van der Waals surface area contributed by atoms with E-state index in [0.29, 0.717) is 0 Å². The smallest absolute Gasteiger partial charge is 0.143 e. The highest BCUT2D eigenvalue weighted by molar-refractivity contribution is 9.10. The summed E-state index contributed by atoms with van der Waals surface area (Å²) < 4.78 is 32.1. The molecule has 0 saturated heterocycles. The number of rotatable bonds is 5. The molecular weight excluding hydrogens is 348 g/mol. The molecule has 0 amide bonds. The maximum atomic E-state index is 14.0. The van der Waals surface area contributed by atoms with Gasteiger partial charge in [0.15, 0.2) is 0 Å². The van der Waals surface area contributed by atoms with Crippen LogP contribution in [0.1, 0.15) is 29.1 Å². The van der Waals surface area contributed by atoms with Crippen molar-refractivity contribution in [1.82, 2.24) is 14.9 Å². The highest BCUT2D eigenvalue weighted by Crippen LogP contribution is 2.29. The van der Waals surface area contributed by atoms with Gasteiger partial charge in [-0.05, 0) is 59.5 Å². The summed E-state index contributed by atoms with van der Waals surface area (Å²) in [5.74, 6) is -1.10. The molecule has 2 aromatic rings. The lowest BCUT2D eigenvalue weighted by Crippen LogP contribution is -2.20. The number of nitrogens with one attached hydrogen (secondary N) is 1. The Morgan fingerprint density at radius 1 is 1.40 bits per heavy atom. The minimum Gasteiger partial charge on any atom is -0.312 e. The molecule has 1 N–H and O–H groups in total. The molecule has 1 atom stereocenters. The molecule has 20 heavy (non-hydrogen) atoms. The van der Waals surface area contributed by atoms with Crippen LogP contribution in [0.25, 0.3) is 0 Å². The fraction of sp³-hybridized carbons (Fsp3) is 0.385. The normalized spacial score (nSPS) is 12.7. The van der Waals surface area contributed by atoms with Gasteiger partial charge < -0.3 is 5.32 Å². The van der Waals surface area contributed by atoms with Crippen LogP contribution < -0.4 is 5.32 Å². The van der Waals surface area contributed by atoms with E-state index in [0.717, 1.165) is 17.0 Å². The summed E-state index contributed by atoms with van der Waals surface area (Å²) in [7, 11) is 1.76. The first-order chi connectivity index (χ1) is 9.58. The van der Waals surface area contributed by atoms with Gasteiger partial charge in [0, 0.05) is 11.6 Å². The van der Waals surface area contributed by atoms with Gasteiger partial charge in [0.25, 0.3) is 0 Å². The number of halogens is 3. The Bertz CT molecular complexity index is 603. The van der Waals surface area contributed by atoms with E-state index in [1.165, 1.54) is 23.7 Å². The molecule has 108 valence electrons. The fourth-order valence-electron chi connectivity index (χ4n) is 2.01. The van der Waals surface area contributed by atoms with Crippen LogP contribution in [0.4, 0.5) is 8.78 Å². The van der Waals surface area contributed by atoms with Crippen LogP contribution in [-0.4, -0.2) is 16.6 Å². The van der Waals surface area contributed by atoms with Gasteiger partial charge >= 0.3 is 0 Å². The maximum absolute atomic E-state index is 14.0. The van der Waals surface area contributed by atoms with Crippen LogP contribution in [0.2, 0.25) is 0 Å². The first kappa shape index (κ1) is 15.5. The van der Waals surface area contributed by atoms with Gasteiger partial charge in [0.1, 0.15) is 11.6 Å². The number of likely N-dealkylation sites (N-methyl/N-ethyl adjacent to an activating group) is 1. The van der Waals surface area contributed by atoms with Crippen molar-refractivity contribution in [3.63, 3.8) is 0 Å². The highest BCUT2D eigenvalue weighted by Gasteiger charge is 2.22. The van der Waals surface area contributed by atoms with Crippen molar-refractivity contribution < 1.29 is 8.78 Å². The first-order valence-electron chi connectivity index (χ1n) is 6.19. The third-order valence-corrected chi connectivity index (χ3v) is 4.62. The summed E-state index contributed by atoms with van der Waals surface area (Å²) in [5, 5.41) is 7.12. The van der Waals surface area contributed by atoms with Gasteiger partial charge in [-0.3, -0.25) is 0 Å². The molecule has 0 radical (unpaired) electrons. The molecule has 3 nitrogen and oxygen atoms in total. The number of aromatic nitrogens is 2. The van der Waals surface area contributed by atoms with Crippen LogP contribution in [0.5, 0.6) is 0 Å². The SMILES string of the molecule is CCc1nnsc1C(Cc1c(F)ccc(Br)c1F)NC. The van der Waals surface area contributed by atoms with Crippen molar-refractivity contribution in [3.05, 3.63) is 44.4 Å². The van der Waals surface area contributed by atoms with E-state index < -0.39 is 11.6 Å². The summed E-state index contributed by atoms with van der Waals surface area (Å²) in [6.07, 6.45) is 0.956. The number of nitrogens with zero attached hydrogens (tertiary/aromatic N) is 2. The molecule has 1 aromatic carbocycles. The molecule has 0 fully saturated rings. The van der Waals surface area contributed by atoms with E-state index in [1.807, 2.05) is 6.92 Å². The standard InChI is InChI=1S/C13H14BrF2N3S/c1-3-10-13(20-19-18-10)11(17-2)6-7-9(15)5-4-8(14)12(7)16/h4-5,11,17H,3,6H2,1-2H3. The van der Waals surface area contributed by atoms with E-state index in [1.54, 1.807) is 7.05 Å². The lowest BCUT2D eigenvalue weighted by atomic mass is 10.0. The minimum absolute atomic E-state index is 0.0641. The minimum atomic E-state index is -0.555. The van der Waals surface area contributed by atoms with Crippen molar-refractivity contribution in [2.24, 2.45) is 0 Å². The summed E-state index contributed by atoms with van der Waals surface area (Å²) in [6, 6.07) is 2.43. The highest BCUT2D eigenvalue weighted by atomic mass is 79.9. The second-order valence-corrected chi connectivity index (χ2v) is 5.94. The van der Waals surface area contributed by atoms with Gasteiger partial charge in [-0.2, -0.15) is 0 Å². The Morgan fingerprint density at radius 2 is 2.15 bits per heavy atom. The molecule has 1 aromatic heterocycles. The maximum Gasteiger partial charge on any atom is 0.143 e. The van der Waals surface area contributed by atoms with Crippen LogP contribution >= 0.6 is 27.5 Å². The monoisotopic (exact) mass is 361 g/mol. The molecule has 0 aliphatic rings. The second kappa shape index (κ2) is 6.69. The van der Waals surface area contributed by atoms with Crippen LogP contribution in [0.15, 0.2) is 16.6 Å². The molecule has 0 bridgehead atoms. The van der Waals surface area contributed by atoms with Gasteiger partial charge in [-0.25, -0.2) is 8.78 Å². The third kappa shape index (κ3) is 3.05. The summed E-state index contributed by atoms with van der Waals surface area (Å²) in [6.45, 7) is 1.98. The van der Waals surface area contributed by atoms with Crippen molar-refractivity contribution in [2.45, 2.75) is 25.8 Å². The Labute approximate surface area is 128 Å². The molecule has 0 saturated carbocycles. The molecule has 0 aliphatic carbocycles. The Kier molecular flexibility index (Phi) is 5.17. The second-order valence-electron chi connectivity index (χ2n) is 4.30. The quantitative estimate of drug-likeness (QED) is 0.826. The van der Waals surface area contributed by atoms with Crippen molar-refractivity contribution in [3.8, 4) is 0 Å². The molecule has 1 unspecified atom stereocenters. The zero-order valence-corrected chi connectivity index (χ0v) is 13.5. The van der Waals surface area contributed by atoms with E-state index in [9.17, 15) is 8.78 Å². The van der Waals surface area contributed by atoms with E-state index in [-0.39, 0.29) is 22.5 Å². The average molecular weight is 362 g/mol. The summed E-state index contributed by atoms with van der Waals surface area (Å²) >= 11 is 4.35. The summed E-state index contributed by atoms with van der Waals surface area (Å²) in [4.78, 5) is 0.925. The van der Waals surface area contributed by atoms with Crippen molar-refractivity contribution in [2.75, 3.05) is 7.05 Å². The Hall–Kier alpha value is -0.920. The summed E-state index contributed by atoms with van der Waals surface area (Å²) in [5.41, 5.74) is 0.930. The average Bonchev–Trinajstić information content (AvgIpc) is 2.92. The van der Waals surface area contributed by atoms with E-state index in [4.69, 9.17) is 0 Å². The largest absolute Gasteiger partial charge is 0.312 e. The first-order valence-corrected chi connectivity index (χ1v) is 7.75. The zero-order valence-electron chi connectivity index (χ0n) is 11.1. The number of aryl methyl sites for hydroxylation is 1. The topological polar surface area (TPSA) is 37.8 Å². The lowest BCUT2D eigenvalue weighted by Gasteiger charge is -2.16. The van der Waals surface area contributed by atoms with Crippen molar-refractivity contribution in [1.29, 1.82) is 0 Å². The van der Waals surface area contributed by atoms with Crippen LogP contribution in [0, 0.1) is 11.6 Å².